The first-order valence-electron chi connectivity index (χ1n) is 3.50. The molecule has 1 aromatic carbocycles. The van der Waals surface area contributed by atoms with Gasteiger partial charge in [0.05, 0.1) is 0 Å². The minimum Gasteiger partial charge on any atom is -0.475 e. The maximum atomic E-state index is 3.96. The summed E-state index contributed by atoms with van der Waals surface area (Å²) in [5.41, 5.74) is 0. The van der Waals surface area contributed by atoms with E-state index in [1.807, 2.05) is 41.5 Å². The van der Waals surface area contributed by atoms with Crippen LogP contribution in [0.2, 0.25) is 0 Å². The minimum absolute atomic E-state index is 1.14. The first kappa shape index (κ1) is 6.16. The molecule has 1 aliphatic heterocycles. The van der Waals surface area contributed by atoms with Crippen molar-refractivity contribution in [1.29, 1.82) is 0 Å². The van der Waals surface area contributed by atoms with E-state index in [1.165, 1.54) is 0 Å². The molecule has 2 heteroatoms. The number of hydrogen-bond acceptors (Lipinski definition) is 1. The molecule has 0 saturated carbocycles. The molecule has 11 heavy (non-hydrogen) atoms. The van der Waals surface area contributed by atoms with Gasteiger partial charge >= 0.3 is 0 Å². The van der Waals surface area contributed by atoms with Crippen LogP contribution in [0.5, 0.6) is 0 Å². The van der Waals surface area contributed by atoms with Gasteiger partial charge in [0.15, 0.2) is 0 Å². The van der Waals surface area contributed by atoms with Crippen LogP contribution in [-0.4, -0.2) is 6.21 Å². The lowest BCUT2D eigenvalue weighted by atomic mass is 10.3. The number of benzene rings is 1. The van der Waals surface area contributed by atoms with Gasteiger partial charge in [0.1, 0.15) is 6.67 Å². The van der Waals surface area contributed by atoms with Crippen LogP contribution in [0.3, 0.4) is 0 Å². The van der Waals surface area contributed by atoms with E-state index in [2.05, 4.69) is 4.99 Å². The van der Waals surface area contributed by atoms with E-state index in [1.54, 1.807) is 12.9 Å². The predicted molar refractivity (Wildman–Crippen MR) is 44.4 cm³/mol. The van der Waals surface area contributed by atoms with Crippen molar-refractivity contribution in [2.24, 2.45) is 4.99 Å². The Labute approximate surface area is 65.5 Å². The molecule has 0 amide bonds. The number of aliphatic imine (C=N–C) groups is 1. The minimum atomic E-state index is 1.14. The third-order valence-corrected chi connectivity index (χ3v) is 1.56. The van der Waals surface area contributed by atoms with Crippen LogP contribution in [-0.2, 0) is 0 Å². The first-order valence-corrected chi connectivity index (χ1v) is 3.50. The summed E-state index contributed by atoms with van der Waals surface area (Å²) in [6, 6.07) is 10.1. The molecule has 0 unspecified atom stereocenters. The van der Waals surface area contributed by atoms with Crippen molar-refractivity contribution >= 4 is 6.21 Å². The van der Waals surface area contributed by atoms with Crippen molar-refractivity contribution in [1.82, 2.24) is 4.58 Å². The Morgan fingerprint density at radius 2 is 2.09 bits per heavy atom. The van der Waals surface area contributed by atoms with Crippen molar-refractivity contribution in [3.63, 3.8) is 0 Å². The van der Waals surface area contributed by atoms with E-state index in [9.17, 15) is 0 Å². The van der Waals surface area contributed by atoms with E-state index in [0.717, 1.165) is 5.36 Å². The highest BCUT2D eigenvalue weighted by molar-refractivity contribution is 5.70. The molecule has 2 rings (SSSR count). The second-order valence-electron chi connectivity index (χ2n) is 2.31. The molecule has 2 nitrogen and oxygen atoms in total. The van der Waals surface area contributed by atoms with Crippen molar-refractivity contribution in [2.45, 2.75) is 0 Å². The molecule has 0 radical (unpaired) electrons. The fourth-order valence-electron chi connectivity index (χ4n) is 1.01. The molecule has 0 fully saturated rings. The van der Waals surface area contributed by atoms with Gasteiger partial charge in [0, 0.05) is 0 Å². The van der Waals surface area contributed by atoms with Crippen LogP contribution in [0.15, 0.2) is 35.3 Å². The molecule has 0 saturated heterocycles. The fourth-order valence-corrected chi connectivity index (χ4v) is 1.01. The molecule has 56 valence electrons. The van der Waals surface area contributed by atoms with Crippen LogP contribution in [0.4, 0.5) is 0 Å². The van der Waals surface area contributed by atoms with Crippen LogP contribution in [0.25, 0.3) is 0 Å². The van der Waals surface area contributed by atoms with E-state index >= 15 is 0 Å². The van der Waals surface area contributed by atoms with Gasteiger partial charge in [-0.2, -0.15) is 18.2 Å². The zero-order valence-corrected chi connectivity index (χ0v) is 6.01. The highest BCUT2D eigenvalue weighted by Gasteiger charge is 1.85. The van der Waals surface area contributed by atoms with Gasteiger partial charge in [-0.1, -0.05) is 6.21 Å². The van der Waals surface area contributed by atoms with Crippen LogP contribution >= 0.6 is 0 Å². The summed E-state index contributed by atoms with van der Waals surface area (Å²) in [6.07, 6.45) is 1.77. The smallest absolute Gasteiger partial charge is 0.104 e. The third kappa shape index (κ3) is 1.15. The lowest BCUT2D eigenvalue weighted by molar-refractivity contribution is 0.845. The summed E-state index contributed by atoms with van der Waals surface area (Å²) >= 11 is 0. The van der Waals surface area contributed by atoms with Gasteiger partial charge in [-0.05, 0) is 0 Å². The average Bonchev–Trinajstić information content (AvgIpc) is 2.58. The van der Waals surface area contributed by atoms with E-state index in [4.69, 9.17) is 0 Å². The zero-order valence-electron chi connectivity index (χ0n) is 6.01. The topological polar surface area (TPSA) is 15.4 Å². The number of hydrogen-bond donors (Lipinski definition) is 0. The first-order chi connectivity index (χ1) is 5.47. The van der Waals surface area contributed by atoms with Gasteiger partial charge < -0.3 is 4.58 Å². The molecule has 0 aliphatic carbocycles. The standard InChI is InChI=1S/C9H8N2/c1-2-4-9(5-3-1)11-7-6-10-8-11/h1-8H/q-2. The van der Waals surface area contributed by atoms with E-state index in [0.29, 0.717) is 0 Å². The Bertz CT molecular complexity index is 306. The molecule has 1 aliphatic rings. The summed E-state index contributed by atoms with van der Waals surface area (Å²) in [6.45, 7) is 3.71. The second-order valence-corrected chi connectivity index (χ2v) is 2.31. The Hall–Kier alpha value is -1.57. The van der Waals surface area contributed by atoms with Gasteiger partial charge in [-0.3, -0.25) is 4.99 Å². The summed E-state index contributed by atoms with van der Waals surface area (Å²) in [5, 5.41) is 1.14. The second kappa shape index (κ2) is 2.58. The molecule has 0 atom stereocenters. The maximum Gasteiger partial charge on any atom is 0.104 e. The van der Waals surface area contributed by atoms with Crippen molar-refractivity contribution in [3.8, 4) is 0 Å². The summed E-state index contributed by atoms with van der Waals surface area (Å²) < 4.78 is 1.97. The number of para-hydroxylation sites is 1. The average molecular weight is 144 g/mol. The highest BCUT2D eigenvalue weighted by Crippen LogP contribution is 1.90. The van der Waals surface area contributed by atoms with Gasteiger partial charge in [0.2, 0.25) is 0 Å². The van der Waals surface area contributed by atoms with E-state index < -0.39 is 0 Å². The fraction of sp³-hybridized carbons (Fsp3) is 0. The lowest BCUT2D eigenvalue weighted by Gasteiger charge is -2.12. The quantitative estimate of drug-likeness (QED) is 0.373. The molecule has 0 bridgehead atoms. The van der Waals surface area contributed by atoms with Crippen molar-refractivity contribution in [2.75, 3.05) is 0 Å². The third-order valence-electron chi connectivity index (χ3n) is 1.56. The van der Waals surface area contributed by atoms with Crippen LogP contribution in [0, 0.1) is 13.2 Å². The maximum absolute atomic E-state index is 3.96. The summed E-state index contributed by atoms with van der Waals surface area (Å²) in [4.78, 5) is 3.96. The monoisotopic (exact) mass is 144 g/mol. The number of nitrogens with zero attached hydrogens (tertiary/aromatic N) is 2. The largest absolute Gasteiger partial charge is 0.475 e. The summed E-state index contributed by atoms with van der Waals surface area (Å²) in [7, 11) is 0. The molecular formula is C9H8N2-2. The lowest BCUT2D eigenvalue weighted by Crippen LogP contribution is -2.21. The molecular weight excluding hydrogens is 136 g/mol. The van der Waals surface area contributed by atoms with Gasteiger partial charge in [-0.15, -0.1) is 11.9 Å². The SMILES string of the molecule is C1=N[CH-][N+](=c2cc[cH-]cc2)[CH-]1. The molecule has 1 heterocycles. The normalized spacial score (nSPS) is 14.4. The van der Waals surface area contributed by atoms with Crippen molar-refractivity contribution in [3.05, 3.63) is 48.9 Å². The molecule has 0 aromatic heterocycles. The van der Waals surface area contributed by atoms with Crippen molar-refractivity contribution < 1.29 is 0 Å². The summed E-state index contributed by atoms with van der Waals surface area (Å²) in [5.74, 6) is 0. The highest BCUT2D eigenvalue weighted by atomic mass is 15.1. The van der Waals surface area contributed by atoms with Gasteiger partial charge in [0.25, 0.3) is 0 Å². The Morgan fingerprint density at radius 1 is 1.27 bits per heavy atom. The van der Waals surface area contributed by atoms with E-state index in [-0.39, 0.29) is 0 Å². The molecule has 1 aromatic rings. The number of rotatable bonds is 0. The Kier molecular flexibility index (Phi) is 1.44. The van der Waals surface area contributed by atoms with Crippen LogP contribution < -0.4 is 9.93 Å². The Balaban J connectivity index is 2.49. The van der Waals surface area contributed by atoms with Gasteiger partial charge in [-0.25, -0.2) is 12.1 Å². The Morgan fingerprint density at radius 3 is 2.73 bits per heavy atom. The molecule has 0 N–H and O–H groups in total. The van der Waals surface area contributed by atoms with Crippen LogP contribution in [0.1, 0.15) is 0 Å². The zero-order chi connectivity index (χ0) is 7.52. The molecule has 0 spiro atoms. The predicted octanol–water partition coefficient (Wildman–Crippen LogP) is 0.543.